The van der Waals surface area contributed by atoms with Crippen LogP contribution >= 0.6 is 0 Å². The molecule has 0 saturated carbocycles. The molecule has 1 unspecified atom stereocenters. The van der Waals surface area contributed by atoms with E-state index in [0.29, 0.717) is 6.04 Å². The second-order valence-corrected chi connectivity index (χ2v) is 6.39. The van der Waals surface area contributed by atoms with Gasteiger partial charge in [0, 0.05) is 12.6 Å². The van der Waals surface area contributed by atoms with Crippen LogP contribution in [0.1, 0.15) is 48.5 Å². The third-order valence-electron chi connectivity index (χ3n) is 4.82. The highest BCUT2D eigenvalue weighted by Gasteiger charge is 2.20. The normalized spacial score (nSPS) is 22.5. The van der Waals surface area contributed by atoms with Crippen molar-refractivity contribution < 1.29 is 5.11 Å². The lowest BCUT2D eigenvalue weighted by Gasteiger charge is -2.31. The monoisotopic (exact) mass is 274 g/mol. The number of likely N-dealkylation sites (tertiary alicyclic amines) is 1. The highest BCUT2D eigenvalue weighted by molar-refractivity contribution is 5.34. The molecule has 0 spiro atoms. The van der Waals surface area contributed by atoms with Crippen LogP contribution in [0.4, 0.5) is 0 Å². The molecule has 3 rings (SSSR count). The Morgan fingerprint density at radius 2 is 1.85 bits per heavy atom. The van der Waals surface area contributed by atoms with Crippen LogP contribution in [0, 0.1) is 0 Å². The van der Waals surface area contributed by atoms with Gasteiger partial charge in [0.2, 0.25) is 0 Å². The molecule has 1 saturated heterocycles. The molecule has 110 valence electrons. The number of nitrogens with zero attached hydrogens (tertiary/aromatic N) is 1. The van der Waals surface area contributed by atoms with Gasteiger partial charge in [-0.15, -0.1) is 0 Å². The predicted octanol–water partition coefficient (Wildman–Crippen LogP) is 2.02. The molecule has 20 heavy (non-hydrogen) atoms. The van der Waals surface area contributed by atoms with Crippen LogP contribution in [0.2, 0.25) is 0 Å². The Bertz CT molecular complexity index is 452. The maximum atomic E-state index is 10.5. The number of hydrogen-bond donors (Lipinski definition) is 2. The molecule has 3 nitrogen and oxygen atoms in total. The molecular weight excluding hydrogens is 248 g/mol. The summed E-state index contributed by atoms with van der Waals surface area (Å²) in [6.07, 6.45) is 6.72. The summed E-state index contributed by atoms with van der Waals surface area (Å²) in [6, 6.07) is 6.92. The number of hydrogen-bond acceptors (Lipinski definition) is 3. The lowest BCUT2D eigenvalue weighted by Crippen LogP contribution is -2.41. The van der Waals surface area contributed by atoms with Crippen LogP contribution < -0.4 is 5.73 Å². The van der Waals surface area contributed by atoms with Gasteiger partial charge in [-0.3, -0.25) is 0 Å². The molecule has 1 aromatic rings. The van der Waals surface area contributed by atoms with Gasteiger partial charge in [0.1, 0.15) is 0 Å². The fourth-order valence-corrected chi connectivity index (χ4v) is 3.45. The lowest BCUT2D eigenvalue weighted by atomic mass is 9.89. The summed E-state index contributed by atoms with van der Waals surface area (Å²) < 4.78 is 0. The largest absolute Gasteiger partial charge is 0.387 e. The minimum atomic E-state index is -0.364. The zero-order chi connectivity index (χ0) is 13.9. The Balaban J connectivity index is 1.63. The zero-order valence-corrected chi connectivity index (χ0v) is 12.2. The molecule has 1 aliphatic heterocycles. The standard InChI is InChI=1S/C17H26N2O/c18-16-7-9-19(10-8-16)12-17(20)15-6-5-13-3-1-2-4-14(13)11-15/h5-6,11,16-17,20H,1-4,7-10,12,18H2. The van der Waals surface area contributed by atoms with E-state index in [4.69, 9.17) is 5.73 Å². The van der Waals surface area contributed by atoms with Gasteiger partial charge in [0.25, 0.3) is 0 Å². The highest BCUT2D eigenvalue weighted by atomic mass is 16.3. The van der Waals surface area contributed by atoms with E-state index in [0.717, 1.165) is 38.0 Å². The Morgan fingerprint density at radius 3 is 2.60 bits per heavy atom. The van der Waals surface area contributed by atoms with E-state index < -0.39 is 0 Å². The van der Waals surface area contributed by atoms with E-state index in [2.05, 4.69) is 23.1 Å². The van der Waals surface area contributed by atoms with Crippen molar-refractivity contribution in [2.75, 3.05) is 19.6 Å². The van der Waals surface area contributed by atoms with Crippen LogP contribution in [0.15, 0.2) is 18.2 Å². The topological polar surface area (TPSA) is 49.5 Å². The first-order chi connectivity index (χ1) is 9.72. The second-order valence-electron chi connectivity index (χ2n) is 6.39. The minimum absolute atomic E-state index is 0.354. The number of nitrogens with two attached hydrogens (primary N) is 1. The number of benzene rings is 1. The number of fused-ring (bicyclic) bond motifs is 1. The molecule has 0 bridgehead atoms. The van der Waals surface area contributed by atoms with Crippen LogP contribution in [0.25, 0.3) is 0 Å². The summed E-state index contributed by atoms with van der Waals surface area (Å²) in [4.78, 5) is 2.34. The molecule has 1 aromatic carbocycles. The van der Waals surface area contributed by atoms with Gasteiger partial charge in [-0.1, -0.05) is 18.2 Å². The fraction of sp³-hybridized carbons (Fsp3) is 0.647. The Kier molecular flexibility index (Phi) is 4.39. The summed E-state index contributed by atoms with van der Waals surface area (Å²) in [5, 5.41) is 10.5. The summed E-state index contributed by atoms with van der Waals surface area (Å²) >= 11 is 0. The maximum Gasteiger partial charge on any atom is 0.0917 e. The van der Waals surface area contributed by atoms with Crippen LogP contribution in [-0.4, -0.2) is 35.7 Å². The molecule has 3 N–H and O–H groups in total. The molecule has 2 aliphatic rings. The molecule has 0 amide bonds. The van der Waals surface area contributed by atoms with E-state index in [1.165, 1.54) is 36.8 Å². The molecule has 0 radical (unpaired) electrons. The lowest BCUT2D eigenvalue weighted by molar-refractivity contribution is 0.0976. The number of aryl methyl sites for hydroxylation is 2. The van der Waals surface area contributed by atoms with Gasteiger partial charge < -0.3 is 15.7 Å². The minimum Gasteiger partial charge on any atom is -0.387 e. The molecule has 0 aromatic heterocycles. The second kappa shape index (κ2) is 6.25. The van der Waals surface area contributed by atoms with Crippen LogP contribution in [-0.2, 0) is 12.8 Å². The van der Waals surface area contributed by atoms with Crippen molar-refractivity contribution in [1.29, 1.82) is 0 Å². The fourth-order valence-electron chi connectivity index (χ4n) is 3.45. The third-order valence-corrected chi connectivity index (χ3v) is 4.82. The first-order valence-electron chi connectivity index (χ1n) is 8.00. The molecule has 1 fully saturated rings. The average molecular weight is 274 g/mol. The predicted molar refractivity (Wildman–Crippen MR) is 81.7 cm³/mol. The van der Waals surface area contributed by atoms with Gasteiger partial charge >= 0.3 is 0 Å². The van der Waals surface area contributed by atoms with Crippen LogP contribution in [0.5, 0.6) is 0 Å². The molecule has 3 heteroatoms. The van der Waals surface area contributed by atoms with Crippen molar-refractivity contribution in [2.24, 2.45) is 5.73 Å². The summed E-state index contributed by atoms with van der Waals surface area (Å²) in [5.74, 6) is 0. The molecule has 1 aliphatic carbocycles. The van der Waals surface area contributed by atoms with E-state index >= 15 is 0 Å². The van der Waals surface area contributed by atoms with Gasteiger partial charge in [0.05, 0.1) is 6.10 Å². The number of aliphatic hydroxyl groups is 1. The highest BCUT2D eigenvalue weighted by Crippen LogP contribution is 2.25. The summed E-state index contributed by atoms with van der Waals surface area (Å²) in [6.45, 7) is 2.78. The first kappa shape index (κ1) is 14.1. The van der Waals surface area contributed by atoms with Gasteiger partial charge in [0.15, 0.2) is 0 Å². The SMILES string of the molecule is NC1CCN(CC(O)c2ccc3c(c2)CCCC3)CC1. The van der Waals surface area contributed by atoms with E-state index in [1.807, 2.05) is 0 Å². The number of piperidine rings is 1. The van der Waals surface area contributed by atoms with Crippen molar-refractivity contribution in [3.8, 4) is 0 Å². The van der Waals surface area contributed by atoms with Crippen molar-refractivity contribution in [2.45, 2.75) is 50.7 Å². The van der Waals surface area contributed by atoms with Gasteiger partial charge in [-0.2, -0.15) is 0 Å². The van der Waals surface area contributed by atoms with Crippen molar-refractivity contribution in [1.82, 2.24) is 4.90 Å². The molecule has 1 atom stereocenters. The smallest absolute Gasteiger partial charge is 0.0917 e. The number of rotatable bonds is 3. The van der Waals surface area contributed by atoms with E-state index in [1.54, 1.807) is 0 Å². The van der Waals surface area contributed by atoms with Crippen molar-refractivity contribution in [3.05, 3.63) is 34.9 Å². The average Bonchev–Trinajstić information content (AvgIpc) is 2.49. The maximum absolute atomic E-state index is 10.5. The Hall–Kier alpha value is -0.900. The Morgan fingerprint density at radius 1 is 1.15 bits per heavy atom. The van der Waals surface area contributed by atoms with Gasteiger partial charge in [-0.25, -0.2) is 0 Å². The first-order valence-corrected chi connectivity index (χ1v) is 8.00. The zero-order valence-electron chi connectivity index (χ0n) is 12.2. The molecule has 1 heterocycles. The van der Waals surface area contributed by atoms with Gasteiger partial charge in [-0.05, 0) is 68.3 Å². The third kappa shape index (κ3) is 3.22. The summed E-state index contributed by atoms with van der Waals surface area (Å²) in [5.41, 5.74) is 9.94. The van der Waals surface area contributed by atoms with E-state index in [9.17, 15) is 5.11 Å². The number of aliphatic hydroxyl groups excluding tert-OH is 1. The van der Waals surface area contributed by atoms with E-state index in [-0.39, 0.29) is 6.10 Å². The van der Waals surface area contributed by atoms with Crippen LogP contribution in [0.3, 0.4) is 0 Å². The van der Waals surface area contributed by atoms with Crippen molar-refractivity contribution >= 4 is 0 Å². The van der Waals surface area contributed by atoms with Crippen molar-refractivity contribution in [3.63, 3.8) is 0 Å². The molecular formula is C17H26N2O. The quantitative estimate of drug-likeness (QED) is 0.886. The Labute approximate surface area is 121 Å². The number of β-amino-alcohol motifs (C(OH)–C–C–N with tert-alkyl or cyclic N) is 1. The summed E-state index contributed by atoms with van der Waals surface area (Å²) in [7, 11) is 0.